The molecule has 172 valence electrons. The molecule has 0 saturated heterocycles. The lowest BCUT2D eigenvalue weighted by Crippen LogP contribution is -2.20. The first-order valence-corrected chi connectivity index (χ1v) is 10.5. The minimum atomic E-state index is -0.876. The molecule has 33 heavy (non-hydrogen) atoms. The normalized spacial score (nSPS) is 11.0. The van der Waals surface area contributed by atoms with Gasteiger partial charge in [0.25, 0.3) is 5.91 Å². The Labute approximate surface area is 190 Å². The fraction of sp³-hybridized carbons (Fsp3) is 0.240. The minimum absolute atomic E-state index is 0.165. The third-order valence-corrected chi connectivity index (χ3v) is 4.80. The summed E-state index contributed by atoms with van der Waals surface area (Å²) in [5.41, 5.74) is 4.94. The summed E-state index contributed by atoms with van der Waals surface area (Å²) in [5, 5.41) is 0.475. The second kappa shape index (κ2) is 11.0. The molecule has 3 aromatic rings. The molecule has 0 aliphatic heterocycles. The molecule has 8 heteroatoms. The number of methoxy groups -OCH3 is 1. The van der Waals surface area contributed by atoms with Crippen LogP contribution in [-0.2, 0) is 4.79 Å². The summed E-state index contributed by atoms with van der Waals surface area (Å²) in [6, 6.07) is 11.2. The number of unbranched alkanes of at least 4 members (excludes halogenated alkanes) is 2. The molecule has 1 amide bonds. The van der Waals surface area contributed by atoms with Crippen LogP contribution in [0.5, 0.6) is 17.2 Å². The summed E-state index contributed by atoms with van der Waals surface area (Å²) in [5.74, 6) is -0.101. The zero-order chi connectivity index (χ0) is 23.8. The monoisotopic (exact) mass is 451 g/mol. The van der Waals surface area contributed by atoms with Crippen LogP contribution in [0.25, 0.3) is 17.0 Å². The van der Waals surface area contributed by atoms with E-state index in [4.69, 9.17) is 24.4 Å². The number of fused-ring (bicyclic) bond motifs is 1. The van der Waals surface area contributed by atoms with Gasteiger partial charge in [-0.25, -0.2) is 9.59 Å². The van der Waals surface area contributed by atoms with Gasteiger partial charge in [-0.15, -0.1) is 0 Å². The summed E-state index contributed by atoms with van der Waals surface area (Å²) in [7, 11) is 1.56. The van der Waals surface area contributed by atoms with E-state index in [1.165, 1.54) is 24.3 Å². The molecule has 0 saturated carbocycles. The van der Waals surface area contributed by atoms with Crippen molar-refractivity contribution in [1.82, 2.24) is 0 Å². The van der Waals surface area contributed by atoms with Crippen LogP contribution in [0.3, 0.4) is 0 Å². The van der Waals surface area contributed by atoms with E-state index in [1.807, 2.05) is 6.07 Å². The molecule has 1 aromatic heterocycles. The first kappa shape index (κ1) is 23.6. The first-order valence-electron chi connectivity index (χ1n) is 10.5. The average Bonchev–Trinajstić information content (AvgIpc) is 2.80. The van der Waals surface area contributed by atoms with Crippen molar-refractivity contribution in [3.8, 4) is 17.2 Å². The van der Waals surface area contributed by atoms with Crippen molar-refractivity contribution in [2.45, 2.75) is 26.2 Å². The topological polar surface area (TPSA) is 118 Å². The van der Waals surface area contributed by atoms with Crippen molar-refractivity contribution in [3.63, 3.8) is 0 Å². The van der Waals surface area contributed by atoms with Crippen LogP contribution in [0.15, 0.2) is 57.8 Å². The molecule has 0 atom stereocenters. The third kappa shape index (κ3) is 6.22. The van der Waals surface area contributed by atoms with Gasteiger partial charge in [-0.1, -0.05) is 25.8 Å². The van der Waals surface area contributed by atoms with Gasteiger partial charge < -0.3 is 24.4 Å². The maximum Gasteiger partial charge on any atom is 0.349 e. The van der Waals surface area contributed by atoms with Crippen LogP contribution in [0.2, 0.25) is 0 Å². The standard InChI is InChI=1S/C25H25NO7/c1-3-4-5-12-31-20-10-6-16(13-22(20)30-2)7-11-23(27)32-18-9-8-17-14-19(24(26)28)25(29)33-21(17)15-18/h6-11,13-15H,3-5,12H2,1-2H3,(H2,26,28)/b11-7+. The van der Waals surface area contributed by atoms with Gasteiger partial charge in [-0.05, 0) is 48.4 Å². The Morgan fingerprint density at radius 2 is 1.88 bits per heavy atom. The third-order valence-electron chi connectivity index (χ3n) is 4.80. The number of carbonyl (C=O) groups excluding carboxylic acids is 2. The zero-order valence-corrected chi connectivity index (χ0v) is 18.5. The Bertz CT molecular complexity index is 1240. The van der Waals surface area contributed by atoms with Crippen LogP contribution in [0.4, 0.5) is 0 Å². The van der Waals surface area contributed by atoms with Crippen molar-refractivity contribution < 1.29 is 28.2 Å². The summed E-state index contributed by atoms with van der Waals surface area (Å²) >= 11 is 0. The van der Waals surface area contributed by atoms with Gasteiger partial charge in [0.05, 0.1) is 13.7 Å². The van der Waals surface area contributed by atoms with Gasteiger partial charge in [-0.3, -0.25) is 4.79 Å². The van der Waals surface area contributed by atoms with Crippen molar-refractivity contribution in [2.24, 2.45) is 5.73 Å². The molecular weight excluding hydrogens is 426 g/mol. The highest BCUT2D eigenvalue weighted by Crippen LogP contribution is 2.29. The lowest BCUT2D eigenvalue weighted by molar-refractivity contribution is -0.128. The summed E-state index contributed by atoms with van der Waals surface area (Å²) in [6.45, 7) is 2.74. The molecule has 0 aliphatic carbocycles. The van der Waals surface area contributed by atoms with Gasteiger partial charge in [-0.2, -0.15) is 0 Å². The maximum atomic E-state index is 12.2. The number of nitrogens with two attached hydrogens (primary N) is 1. The molecule has 0 radical (unpaired) electrons. The number of hydrogen-bond donors (Lipinski definition) is 1. The number of hydrogen-bond acceptors (Lipinski definition) is 7. The largest absolute Gasteiger partial charge is 0.493 e. The van der Waals surface area contributed by atoms with Crippen molar-refractivity contribution >= 4 is 28.9 Å². The Morgan fingerprint density at radius 3 is 2.61 bits per heavy atom. The van der Waals surface area contributed by atoms with Crippen LogP contribution < -0.4 is 25.6 Å². The van der Waals surface area contributed by atoms with E-state index in [0.717, 1.165) is 24.8 Å². The van der Waals surface area contributed by atoms with Gasteiger partial charge in [0.15, 0.2) is 11.5 Å². The smallest absolute Gasteiger partial charge is 0.349 e. The number of benzene rings is 2. The summed E-state index contributed by atoms with van der Waals surface area (Å²) in [4.78, 5) is 35.3. The Morgan fingerprint density at radius 1 is 1.06 bits per heavy atom. The average molecular weight is 451 g/mol. The van der Waals surface area contributed by atoms with Gasteiger partial charge >= 0.3 is 11.6 Å². The van der Waals surface area contributed by atoms with E-state index in [2.05, 4.69) is 6.92 Å². The molecule has 0 aliphatic rings. The highest BCUT2D eigenvalue weighted by Gasteiger charge is 2.12. The number of rotatable bonds is 10. The number of amides is 1. The highest BCUT2D eigenvalue weighted by molar-refractivity contribution is 5.95. The molecule has 8 nitrogen and oxygen atoms in total. The molecule has 0 bridgehead atoms. The van der Waals surface area contributed by atoms with Crippen LogP contribution in [-0.4, -0.2) is 25.6 Å². The highest BCUT2D eigenvalue weighted by atomic mass is 16.5. The van der Waals surface area contributed by atoms with Crippen LogP contribution in [0.1, 0.15) is 42.1 Å². The Balaban J connectivity index is 1.68. The Hall–Kier alpha value is -4.07. The number of ether oxygens (including phenoxy) is 3. The summed E-state index contributed by atoms with van der Waals surface area (Å²) < 4.78 is 21.5. The predicted octanol–water partition coefficient (Wildman–Crippen LogP) is 4.09. The van der Waals surface area contributed by atoms with E-state index in [0.29, 0.717) is 23.5 Å². The molecule has 0 fully saturated rings. The molecule has 0 unspecified atom stereocenters. The van der Waals surface area contributed by atoms with E-state index in [-0.39, 0.29) is 16.9 Å². The van der Waals surface area contributed by atoms with E-state index in [9.17, 15) is 14.4 Å². The van der Waals surface area contributed by atoms with Gasteiger partial charge in [0, 0.05) is 17.5 Å². The van der Waals surface area contributed by atoms with E-state index >= 15 is 0 Å². The lowest BCUT2D eigenvalue weighted by Gasteiger charge is -2.11. The second-order valence-corrected chi connectivity index (χ2v) is 7.23. The number of carbonyl (C=O) groups is 2. The van der Waals surface area contributed by atoms with Crippen LogP contribution in [0, 0.1) is 0 Å². The SMILES string of the molecule is CCCCCOc1ccc(/C=C/C(=O)Oc2ccc3cc(C(N)=O)c(=O)oc3c2)cc1OC. The fourth-order valence-electron chi connectivity index (χ4n) is 3.08. The lowest BCUT2D eigenvalue weighted by atomic mass is 10.1. The predicted molar refractivity (Wildman–Crippen MR) is 124 cm³/mol. The van der Waals surface area contributed by atoms with Gasteiger partial charge in [0.2, 0.25) is 0 Å². The molecule has 1 heterocycles. The summed E-state index contributed by atoms with van der Waals surface area (Å²) in [6.07, 6.45) is 6.05. The van der Waals surface area contributed by atoms with Gasteiger partial charge in [0.1, 0.15) is 16.9 Å². The number of primary amides is 1. The quantitative estimate of drug-likeness (QED) is 0.162. The molecule has 0 spiro atoms. The van der Waals surface area contributed by atoms with Crippen LogP contribution >= 0.6 is 0 Å². The van der Waals surface area contributed by atoms with E-state index in [1.54, 1.807) is 31.4 Å². The van der Waals surface area contributed by atoms with Crippen molar-refractivity contribution in [2.75, 3.05) is 13.7 Å². The maximum absolute atomic E-state index is 12.2. The molecular formula is C25H25NO7. The van der Waals surface area contributed by atoms with Crippen molar-refractivity contribution in [3.05, 3.63) is 70.1 Å². The Kier molecular flexibility index (Phi) is 7.86. The van der Waals surface area contributed by atoms with E-state index < -0.39 is 17.5 Å². The fourth-order valence-corrected chi connectivity index (χ4v) is 3.08. The minimum Gasteiger partial charge on any atom is -0.493 e. The van der Waals surface area contributed by atoms with Crippen molar-refractivity contribution in [1.29, 1.82) is 0 Å². The second-order valence-electron chi connectivity index (χ2n) is 7.23. The number of esters is 1. The molecule has 2 aromatic carbocycles. The molecule has 3 rings (SSSR count). The zero-order valence-electron chi connectivity index (χ0n) is 18.5. The molecule has 2 N–H and O–H groups in total. The first-order chi connectivity index (χ1) is 15.9.